The second-order valence-electron chi connectivity index (χ2n) is 4.87. The Bertz CT molecular complexity index is 409. The third-order valence-electron chi connectivity index (χ3n) is 3.02. The largest absolute Gasteiger partial charge is 0.508 e. The normalized spacial score (nSPS) is 13.8. The van der Waals surface area contributed by atoms with Crippen LogP contribution in [-0.2, 0) is 11.2 Å². The van der Waals surface area contributed by atoms with Gasteiger partial charge in [-0.1, -0.05) is 19.1 Å². The summed E-state index contributed by atoms with van der Waals surface area (Å²) in [5, 5.41) is 12.2. The van der Waals surface area contributed by atoms with Crippen LogP contribution in [0.3, 0.4) is 0 Å². The summed E-state index contributed by atoms with van der Waals surface area (Å²) in [5.41, 5.74) is 6.85. The van der Waals surface area contributed by atoms with Gasteiger partial charge in [0.1, 0.15) is 5.75 Å². The van der Waals surface area contributed by atoms with Crippen molar-refractivity contribution in [1.82, 2.24) is 5.32 Å². The zero-order valence-electron chi connectivity index (χ0n) is 12.1. The molecule has 1 unspecified atom stereocenters. The molecule has 112 valence electrons. The highest BCUT2D eigenvalue weighted by molar-refractivity contribution is 7.99. The zero-order valence-corrected chi connectivity index (χ0v) is 13.0. The number of carbonyl (C=O) groups is 1. The first-order chi connectivity index (χ1) is 9.52. The molecule has 1 rings (SSSR count). The SMILES string of the molecule is CCSCCC(C)NC(=O)[C@H](N)Cc1ccc(O)cc1. The highest BCUT2D eigenvalue weighted by Gasteiger charge is 2.16. The molecular formula is C15H24N2O2S. The Hall–Kier alpha value is -1.20. The van der Waals surface area contributed by atoms with Crippen molar-refractivity contribution in [2.24, 2.45) is 5.73 Å². The Balaban J connectivity index is 2.36. The van der Waals surface area contributed by atoms with Crippen molar-refractivity contribution in [3.8, 4) is 5.75 Å². The van der Waals surface area contributed by atoms with E-state index >= 15 is 0 Å². The molecule has 20 heavy (non-hydrogen) atoms. The molecule has 0 spiro atoms. The van der Waals surface area contributed by atoms with Gasteiger partial charge in [-0.25, -0.2) is 0 Å². The van der Waals surface area contributed by atoms with E-state index in [0.717, 1.165) is 23.5 Å². The van der Waals surface area contributed by atoms with Gasteiger partial charge in [0.2, 0.25) is 5.91 Å². The Morgan fingerprint density at radius 2 is 2.05 bits per heavy atom. The molecule has 1 aromatic rings. The minimum Gasteiger partial charge on any atom is -0.508 e. The summed E-state index contributed by atoms with van der Waals surface area (Å²) in [6, 6.07) is 6.36. The molecule has 0 fully saturated rings. The molecule has 0 aliphatic heterocycles. The van der Waals surface area contributed by atoms with Crippen molar-refractivity contribution in [3.63, 3.8) is 0 Å². The Kier molecular flexibility index (Phi) is 7.47. The highest BCUT2D eigenvalue weighted by atomic mass is 32.2. The number of hydrogen-bond donors (Lipinski definition) is 3. The van der Waals surface area contributed by atoms with Crippen LogP contribution in [0.15, 0.2) is 24.3 Å². The summed E-state index contributed by atoms with van der Waals surface area (Å²) in [5.74, 6) is 2.24. The van der Waals surface area contributed by atoms with Gasteiger partial charge in [0, 0.05) is 6.04 Å². The maximum absolute atomic E-state index is 12.0. The van der Waals surface area contributed by atoms with E-state index in [0.29, 0.717) is 6.42 Å². The average molecular weight is 296 g/mol. The third-order valence-corrected chi connectivity index (χ3v) is 3.95. The number of benzene rings is 1. The number of carbonyl (C=O) groups excluding carboxylic acids is 1. The lowest BCUT2D eigenvalue weighted by molar-refractivity contribution is -0.122. The van der Waals surface area contributed by atoms with Gasteiger partial charge in [0.05, 0.1) is 6.04 Å². The van der Waals surface area contributed by atoms with Crippen LogP contribution >= 0.6 is 11.8 Å². The molecule has 4 nitrogen and oxygen atoms in total. The molecule has 4 N–H and O–H groups in total. The molecule has 0 bridgehead atoms. The first kappa shape index (κ1) is 16.9. The molecule has 2 atom stereocenters. The van der Waals surface area contributed by atoms with Crippen LogP contribution in [0.4, 0.5) is 0 Å². The van der Waals surface area contributed by atoms with Crippen molar-refractivity contribution >= 4 is 17.7 Å². The van der Waals surface area contributed by atoms with Crippen LogP contribution in [0, 0.1) is 0 Å². The fraction of sp³-hybridized carbons (Fsp3) is 0.533. The van der Waals surface area contributed by atoms with E-state index in [1.54, 1.807) is 24.3 Å². The number of nitrogens with one attached hydrogen (secondary N) is 1. The minimum absolute atomic E-state index is 0.118. The van der Waals surface area contributed by atoms with Crippen LogP contribution in [0.25, 0.3) is 0 Å². The van der Waals surface area contributed by atoms with Crippen LogP contribution in [-0.4, -0.2) is 34.6 Å². The van der Waals surface area contributed by atoms with Crippen molar-refractivity contribution in [2.45, 2.75) is 38.8 Å². The zero-order chi connectivity index (χ0) is 15.0. The van der Waals surface area contributed by atoms with Gasteiger partial charge in [0.15, 0.2) is 0 Å². The topological polar surface area (TPSA) is 75.4 Å². The minimum atomic E-state index is -0.555. The maximum atomic E-state index is 12.0. The first-order valence-electron chi connectivity index (χ1n) is 6.94. The van der Waals surface area contributed by atoms with Gasteiger partial charge in [-0.2, -0.15) is 11.8 Å². The van der Waals surface area contributed by atoms with Gasteiger partial charge >= 0.3 is 0 Å². The van der Waals surface area contributed by atoms with Gasteiger partial charge in [-0.05, 0) is 49.0 Å². The predicted octanol–water partition coefficient (Wildman–Crippen LogP) is 1.91. The number of phenolic OH excluding ortho intramolecular Hbond substituents is 1. The van der Waals surface area contributed by atoms with E-state index in [2.05, 4.69) is 12.2 Å². The van der Waals surface area contributed by atoms with Crippen LogP contribution < -0.4 is 11.1 Å². The standard InChI is InChI=1S/C15H24N2O2S/c1-3-20-9-8-11(2)17-15(19)14(16)10-12-4-6-13(18)7-5-12/h4-7,11,14,18H,3,8-10,16H2,1-2H3,(H,17,19)/t11?,14-/m1/s1. The smallest absolute Gasteiger partial charge is 0.237 e. The molecule has 0 aromatic heterocycles. The second-order valence-corrected chi connectivity index (χ2v) is 6.27. The fourth-order valence-electron chi connectivity index (χ4n) is 1.81. The van der Waals surface area contributed by atoms with E-state index in [9.17, 15) is 9.90 Å². The number of thioether (sulfide) groups is 1. The van der Waals surface area contributed by atoms with Gasteiger partial charge in [0.25, 0.3) is 0 Å². The summed E-state index contributed by atoms with van der Waals surface area (Å²) in [7, 11) is 0. The molecule has 5 heteroatoms. The molecule has 1 aromatic carbocycles. The molecule has 0 radical (unpaired) electrons. The lowest BCUT2D eigenvalue weighted by Gasteiger charge is -2.17. The monoisotopic (exact) mass is 296 g/mol. The number of nitrogens with two attached hydrogens (primary N) is 1. The number of amides is 1. The number of phenols is 1. The highest BCUT2D eigenvalue weighted by Crippen LogP contribution is 2.11. The van der Waals surface area contributed by atoms with Crippen molar-refractivity contribution < 1.29 is 9.90 Å². The van der Waals surface area contributed by atoms with Gasteiger partial charge in [-0.3, -0.25) is 4.79 Å². The average Bonchev–Trinajstić information content (AvgIpc) is 2.41. The third kappa shape index (κ3) is 6.30. The van der Waals surface area contributed by atoms with Crippen LogP contribution in [0.1, 0.15) is 25.8 Å². The number of aromatic hydroxyl groups is 1. The Morgan fingerprint density at radius 1 is 1.40 bits per heavy atom. The quantitative estimate of drug-likeness (QED) is 0.641. The van der Waals surface area contributed by atoms with E-state index in [1.807, 2.05) is 18.7 Å². The lowest BCUT2D eigenvalue weighted by atomic mass is 10.1. The van der Waals surface area contributed by atoms with E-state index in [4.69, 9.17) is 5.73 Å². The lowest BCUT2D eigenvalue weighted by Crippen LogP contribution is -2.45. The van der Waals surface area contributed by atoms with E-state index in [-0.39, 0.29) is 17.7 Å². The van der Waals surface area contributed by atoms with Crippen molar-refractivity contribution in [1.29, 1.82) is 0 Å². The van der Waals surface area contributed by atoms with Crippen LogP contribution in [0.2, 0.25) is 0 Å². The summed E-state index contributed by atoms with van der Waals surface area (Å²) >= 11 is 1.87. The maximum Gasteiger partial charge on any atom is 0.237 e. The molecule has 0 aliphatic rings. The molecule has 0 saturated carbocycles. The van der Waals surface area contributed by atoms with Crippen molar-refractivity contribution in [2.75, 3.05) is 11.5 Å². The summed E-state index contributed by atoms with van der Waals surface area (Å²) in [6.45, 7) is 4.13. The molecular weight excluding hydrogens is 272 g/mol. The molecule has 0 saturated heterocycles. The molecule has 0 heterocycles. The predicted molar refractivity (Wildman–Crippen MR) is 85.0 cm³/mol. The first-order valence-corrected chi connectivity index (χ1v) is 8.10. The van der Waals surface area contributed by atoms with Crippen molar-refractivity contribution in [3.05, 3.63) is 29.8 Å². The van der Waals surface area contributed by atoms with Crippen LogP contribution in [0.5, 0.6) is 5.75 Å². The second kappa shape index (κ2) is 8.87. The van der Waals surface area contributed by atoms with Gasteiger partial charge in [-0.15, -0.1) is 0 Å². The summed E-state index contributed by atoms with van der Waals surface area (Å²) < 4.78 is 0. The number of hydrogen-bond acceptors (Lipinski definition) is 4. The molecule has 0 aliphatic carbocycles. The Labute approximate surface area is 125 Å². The summed E-state index contributed by atoms with van der Waals surface area (Å²) in [6.07, 6.45) is 1.43. The van der Waals surface area contributed by atoms with Gasteiger partial charge < -0.3 is 16.2 Å². The number of rotatable bonds is 8. The summed E-state index contributed by atoms with van der Waals surface area (Å²) in [4.78, 5) is 12.0. The molecule has 1 amide bonds. The van der Waals surface area contributed by atoms with E-state index < -0.39 is 6.04 Å². The van der Waals surface area contributed by atoms with E-state index in [1.165, 1.54) is 0 Å². The fourth-order valence-corrected chi connectivity index (χ4v) is 2.61. The Morgan fingerprint density at radius 3 is 2.65 bits per heavy atom.